The smallest absolute Gasteiger partial charge is 0.243 e. The molecule has 1 fully saturated rings. The van der Waals surface area contributed by atoms with E-state index in [9.17, 15) is 4.79 Å². The number of likely N-dealkylation sites (tertiary alicyclic amines) is 1. The fraction of sp³-hybridized carbons (Fsp3) is 0.619. The minimum atomic E-state index is -0.00866. The van der Waals surface area contributed by atoms with Crippen LogP contribution in [-0.4, -0.2) is 68.0 Å². The van der Waals surface area contributed by atoms with Crippen LogP contribution in [0, 0.1) is 5.92 Å². The molecule has 1 heterocycles. The van der Waals surface area contributed by atoms with Crippen molar-refractivity contribution in [1.29, 1.82) is 0 Å². The Balaban J connectivity index is 0.00000450. The van der Waals surface area contributed by atoms with Crippen LogP contribution in [0.2, 0.25) is 10.0 Å². The highest BCUT2D eigenvalue weighted by Crippen LogP contribution is 2.21. The van der Waals surface area contributed by atoms with Crippen LogP contribution in [-0.2, 0) is 11.3 Å². The summed E-state index contributed by atoms with van der Waals surface area (Å²) in [6.07, 6.45) is 2.02. The largest absolute Gasteiger partial charge is 0.356 e. The fourth-order valence-corrected chi connectivity index (χ4v) is 3.70. The fourth-order valence-electron chi connectivity index (χ4n) is 3.13. The minimum absolute atomic E-state index is 0. The van der Waals surface area contributed by atoms with Gasteiger partial charge in [0, 0.05) is 56.4 Å². The molecule has 0 unspecified atom stereocenters. The number of hydrogen-bond donors (Lipinski definition) is 2. The first-order valence-electron chi connectivity index (χ1n) is 10.1. The number of hydrogen-bond acceptors (Lipinski definition) is 3. The molecule has 1 aromatic rings. The van der Waals surface area contributed by atoms with Gasteiger partial charge in [-0.3, -0.25) is 9.69 Å². The molecule has 6 nitrogen and oxygen atoms in total. The lowest BCUT2D eigenvalue weighted by Gasteiger charge is -2.33. The molecule has 0 saturated carbocycles. The van der Waals surface area contributed by atoms with Crippen LogP contribution in [0.1, 0.15) is 32.3 Å². The van der Waals surface area contributed by atoms with Crippen molar-refractivity contribution in [2.45, 2.75) is 39.3 Å². The van der Waals surface area contributed by atoms with Crippen molar-refractivity contribution in [1.82, 2.24) is 20.4 Å². The van der Waals surface area contributed by atoms with Gasteiger partial charge in [-0.15, -0.1) is 24.0 Å². The molecule has 0 aromatic heterocycles. The summed E-state index contributed by atoms with van der Waals surface area (Å²) in [6, 6.07) is 6.04. The molecule has 30 heavy (non-hydrogen) atoms. The Labute approximate surface area is 207 Å². The van der Waals surface area contributed by atoms with E-state index in [1.165, 1.54) is 0 Å². The summed E-state index contributed by atoms with van der Waals surface area (Å²) in [5, 5.41) is 8.21. The molecule has 0 radical (unpaired) electrons. The lowest BCUT2D eigenvalue weighted by Crippen LogP contribution is -2.49. The second-order valence-electron chi connectivity index (χ2n) is 8.20. The maximum Gasteiger partial charge on any atom is 0.243 e. The molecule has 1 aromatic carbocycles. The number of likely N-dealkylation sites (N-methyl/N-ethyl adjacent to an activating group) is 1. The molecule has 1 saturated heterocycles. The lowest BCUT2D eigenvalue weighted by molar-refractivity contribution is -0.127. The first kappa shape index (κ1) is 27.3. The molecule has 2 N–H and O–H groups in total. The Bertz CT molecular complexity index is 686. The number of carbonyl (C=O) groups is 1. The summed E-state index contributed by atoms with van der Waals surface area (Å²) in [5.74, 6) is 1.21. The first-order chi connectivity index (χ1) is 13.7. The van der Waals surface area contributed by atoms with Gasteiger partial charge in [0.05, 0.1) is 0 Å². The summed E-state index contributed by atoms with van der Waals surface area (Å²) in [5.41, 5.74) is 1.14. The summed E-state index contributed by atoms with van der Waals surface area (Å²) in [7, 11) is 3.49. The quantitative estimate of drug-likeness (QED) is 0.297. The van der Waals surface area contributed by atoms with Crippen molar-refractivity contribution in [2.24, 2.45) is 10.9 Å². The SMILES string of the molecule is CC(C)CNC(=NCC(=O)N(C)C)NC1CCN(Cc2cc(Cl)cc(Cl)c2)CC1.I. The van der Waals surface area contributed by atoms with E-state index in [2.05, 4.69) is 34.4 Å². The van der Waals surface area contributed by atoms with Crippen molar-refractivity contribution in [3.05, 3.63) is 33.8 Å². The van der Waals surface area contributed by atoms with E-state index >= 15 is 0 Å². The number of aliphatic imine (C=N–C) groups is 1. The molecule has 0 spiro atoms. The molecule has 9 heteroatoms. The number of nitrogens with zero attached hydrogens (tertiary/aromatic N) is 3. The zero-order chi connectivity index (χ0) is 21.4. The Morgan fingerprint density at radius 1 is 1.20 bits per heavy atom. The number of rotatable bonds is 7. The third-order valence-corrected chi connectivity index (χ3v) is 5.24. The normalized spacial score (nSPS) is 15.6. The van der Waals surface area contributed by atoms with E-state index in [0.717, 1.165) is 44.6 Å². The van der Waals surface area contributed by atoms with E-state index in [1.54, 1.807) is 25.1 Å². The van der Waals surface area contributed by atoms with Gasteiger partial charge in [0.25, 0.3) is 0 Å². The number of amides is 1. The number of guanidine groups is 1. The van der Waals surface area contributed by atoms with Crippen LogP contribution in [0.3, 0.4) is 0 Å². The van der Waals surface area contributed by atoms with Gasteiger partial charge < -0.3 is 15.5 Å². The van der Waals surface area contributed by atoms with Gasteiger partial charge in [0.15, 0.2) is 5.96 Å². The number of carbonyl (C=O) groups excluding carboxylic acids is 1. The highest BCUT2D eigenvalue weighted by molar-refractivity contribution is 14.0. The minimum Gasteiger partial charge on any atom is -0.356 e. The van der Waals surface area contributed by atoms with Crippen molar-refractivity contribution in [3.8, 4) is 0 Å². The summed E-state index contributed by atoms with van der Waals surface area (Å²) in [6.45, 7) is 8.07. The van der Waals surface area contributed by atoms with Gasteiger partial charge >= 0.3 is 0 Å². The molecular formula is C21H34Cl2IN5O. The Morgan fingerprint density at radius 3 is 2.33 bits per heavy atom. The van der Waals surface area contributed by atoms with Crippen LogP contribution in [0.15, 0.2) is 23.2 Å². The van der Waals surface area contributed by atoms with E-state index < -0.39 is 0 Å². The monoisotopic (exact) mass is 569 g/mol. The van der Waals surface area contributed by atoms with Crippen molar-refractivity contribution < 1.29 is 4.79 Å². The van der Waals surface area contributed by atoms with E-state index in [-0.39, 0.29) is 36.4 Å². The van der Waals surface area contributed by atoms with Gasteiger partial charge in [0.2, 0.25) is 5.91 Å². The van der Waals surface area contributed by atoms with Gasteiger partial charge in [-0.1, -0.05) is 37.0 Å². The van der Waals surface area contributed by atoms with Crippen molar-refractivity contribution >= 4 is 59.0 Å². The van der Waals surface area contributed by atoms with Gasteiger partial charge in [-0.25, -0.2) is 4.99 Å². The topological polar surface area (TPSA) is 60.0 Å². The van der Waals surface area contributed by atoms with Crippen LogP contribution in [0.4, 0.5) is 0 Å². The second-order valence-corrected chi connectivity index (χ2v) is 9.07. The maximum atomic E-state index is 11.9. The van der Waals surface area contributed by atoms with E-state index in [1.807, 2.05) is 12.1 Å². The highest BCUT2D eigenvalue weighted by atomic mass is 127. The molecular weight excluding hydrogens is 536 g/mol. The molecule has 1 aliphatic heterocycles. The first-order valence-corrected chi connectivity index (χ1v) is 10.9. The summed E-state index contributed by atoms with van der Waals surface area (Å²) >= 11 is 12.2. The van der Waals surface area contributed by atoms with Crippen LogP contribution >= 0.6 is 47.2 Å². The Morgan fingerprint density at radius 2 is 1.80 bits per heavy atom. The summed E-state index contributed by atoms with van der Waals surface area (Å²) < 4.78 is 0. The molecule has 0 aliphatic carbocycles. The predicted octanol–water partition coefficient (Wildman–Crippen LogP) is 3.86. The number of halogens is 3. The molecule has 170 valence electrons. The average Bonchev–Trinajstić information content (AvgIpc) is 2.64. The third kappa shape index (κ3) is 10.0. The zero-order valence-electron chi connectivity index (χ0n) is 18.3. The maximum absolute atomic E-state index is 11.9. The number of piperidine rings is 1. The zero-order valence-corrected chi connectivity index (χ0v) is 22.1. The standard InChI is InChI=1S/C21H33Cl2N5O.HI/c1-15(2)12-24-21(25-13-20(29)27(3)4)26-19-5-7-28(8-6-19)14-16-9-17(22)11-18(23)10-16;/h9-11,15,19H,5-8,12-14H2,1-4H3,(H2,24,25,26);1H. The molecule has 0 bridgehead atoms. The summed E-state index contributed by atoms with van der Waals surface area (Å²) in [4.78, 5) is 20.3. The number of nitrogens with one attached hydrogen (secondary N) is 2. The van der Waals surface area contributed by atoms with Crippen LogP contribution in [0.25, 0.3) is 0 Å². The average molecular weight is 570 g/mol. The Hall–Kier alpha value is -0.770. The molecule has 1 amide bonds. The highest BCUT2D eigenvalue weighted by Gasteiger charge is 2.20. The molecule has 0 atom stereocenters. The molecule has 1 aliphatic rings. The van der Waals surface area contributed by atoms with Crippen molar-refractivity contribution in [3.63, 3.8) is 0 Å². The van der Waals surface area contributed by atoms with E-state index in [0.29, 0.717) is 28.0 Å². The van der Waals surface area contributed by atoms with Gasteiger partial charge in [0.1, 0.15) is 6.54 Å². The van der Waals surface area contributed by atoms with Crippen molar-refractivity contribution in [2.75, 3.05) is 40.3 Å². The Kier molecular flexibility index (Phi) is 12.4. The lowest BCUT2D eigenvalue weighted by atomic mass is 10.0. The second kappa shape index (κ2) is 13.6. The van der Waals surface area contributed by atoms with Gasteiger partial charge in [-0.05, 0) is 42.5 Å². The number of benzene rings is 1. The van der Waals surface area contributed by atoms with Gasteiger partial charge in [-0.2, -0.15) is 0 Å². The third-order valence-electron chi connectivity index (χ3n) is 4.81. The van der Waals surface area contributed by atoms with Crippen LogP contribution in [0.5, 0.6) is 0 Å². The van der Waals surface area contributed by atoms with Crippen LogP contribution < -0.4 is 10.6 Å². The predicted molar refractivity (Wildman–Crippen MR) is 137 cm³/mol. The molecule has 2 rings (SSSR count). The van der Waals surface area contributed by atoms with E-state index in [4.69, 9.17) is 23.2 Å².